The van der Waals surface area contributed by atoms with Gasteiger partial charge in [-0.15, -0.1) is 0 Å². The molecule has 2 aromatic carbocycles. The van der Waals surface area contributed by atoms with Crippen molar-refractivity contribution in [3.8, 4) is 5.75 Å². The number of oxime groups is 1. The van der Waals surface area contributed by atoms with Crippen LogP contribution in [0.1, 0.15) is 25.0 Å². The number of hydrogen-bond donors (Lipinski definition) is 3. The number of nitrogens with zero attached hydrogens (tertiary/aromatic N) is 1. The SMILES string of the molecule is CC(C)[C@H](NC(=O)OCc1ccccc1)C(=O)NCCOCCOc1ccc(/C=N/O)cc1. The van der Waals surface area contributed by atoms with Crippen LogP contribution < -0.4 is 15.4 Å². The Morgan fingerprint density at radius 2 is 1.76 bits per heavy atom. The van der Waals surface area contributed by atoms with E-state index in [1.54, 1.807) is 24.3 Å². The average molecular weight is 458 g/mol. The summed E-state index contributed by atoms with van der Waals surface area (Å²) in [4.78, 5) is 24.5. The van der Waals surface area contributed by atoms with Gasteiger partial charge in [0, 0.05) is 6.54 Å². The number of alkyl carbamates (subject to hydrolysis) is 1. The van der Waals surface area contributed by atoms with Gasteiger partial charge < -0.3 is 30.1 Å². The van der Waals surface area contributed by atoms with Gasteiger partial charge in [-0.1, -0.05) is 49.3 Å². The molecule has 9 nitrogen and oxygen atoms in total. The highest BCUT2D eigenvalue weighted by molar-refractivity contribution is 5.85. The molecular weight excluding hydrogens is 426 g/mol. The molecule has 1 atom stereocenters. The van der Waals surface area contributed by atoms with Crippen LogP contribution in [0.5, 0.6) is 5.75 Å². The summed E-state index contributed by atoms with van der Waals surface area (Å²) in [5.41, 5.74) is 1.63. The second-order valence-electron chi connectivity index (χ2n) is 7.49. The Morgan fingerprint density at radius 3 is 2.42 bits per heavy atom. The Morgan fingerprint density at radius 1 is 1.03 bits per heavy atom. The first-order chi connectivity index (χ1) is 16.0. The average Bonchev–Trinajstić information content (AvgIpc) is 2.82. The van der Waals surface area contributed by atoms with Gasteiger partial charge in [-0.3, -0.25) is 4.79 Å². The molecule has 0 unspecified atom stereocenters. The molecular formula is C24H31N3O6. The number of carbonyl (C=O) groups is 2. The first-order valence-corrected chi connectivity index (χ1v) is 10.7. The van der Waals surface area contributed by atoms with E-state index in [1.807, 2.05) is 44.2 Å². The highest BCUT2D eigenvalue weighted by Crippen LogP contribution is 2.11. The van der Waals surface area contributed by atoms with Crippen LogP contribution in [0, 0.1) is 5.92 Å². The molecule has 0 radical (unpaired) electrons. The molecule has 0 aliphatic carbocycles. The topological polar surface area (TPSA) is 118 Å². The zero-order chi connectivity index (χ0) is 23.9. The molecule has 3 N–H and O–H groups in total. The van der Waals surface area contributed by atoms with Crippen LogP contribution in [-0.2, 0) is 20.9 Å². The second kappa shape index (κ2) is 14.5. The molecule has 2 rings (SSSR count). The summed E-state index contributed by atoms with van der Waals surface area (Å²) in [5, 5.41) is 16.8. The summed E-state index contributed by atoms with van der Waals surface area (Å²) >= 11 is 0. The van der Waals surface area contributed by atoms with Crippen LogP contribution in [0.3, 0.4) is 0 Å². The van der Waals surface area contributed by atoms with Crippen molar-refractivity contribution in [2.45, 2.75) is 26.5 Å². The smallest absolute Gasteiger partial charge is 0.408 e. The van der Waals surface area contributed by atoms with E-state index in [4.69, 9.17) is 19.4 Å². The molecule has 0 saturated carbocycles. The number of rotatable bonds is 13. The van der Waals surface area contributed by atoms with E-state index >= 15 is 0 Å². The predicted octanol–water partition coefficient (Wildman–Crippen LogP) is 2.96. The monoisotopic (exact) mass is 457 g/mol. The summed E-state index contributed by atoms with van der Waals surface area (Å²) in [5.74, 6) is 0.263. The molecule has 2 aromatic rings. The molecule has 0 fully saturated rings. The van der Waals surface area contributed by atoms with Gasteiger partial charge in [0.2, 0.25) is 5.91 Å². The van der Waals surface area contributed by atoms with Crippen LogP contribution in [0.4, 0.5) is 4.79 Å². The summed E-state index contributed by atoms with van der Waals surface area (Å²) < 4.78 is 16.2. The molecule has 2 amide bonds. The third kappa shape index (κ3) is 10.0. The molecule has 33 heavy (non-hydrogen) atoms. The molecule has 0 aromatic heterocycles. The predicted molar refractivity (Wildman–Crippen MR) is 124 cm³/mol. The van der Waals surface area contributed by atoms with E-state index in [2.05, 4.69) is 15.8 Å². The fourth-order valence-corrected chi connectivity index (χ4v) is 2.82. The van der Waals surface area contributed by atoms with E-state index in [-0.39, 0.29) is 18.4 Å². The first-order valence-electron chi connectivity index (χ1n) is 10.7. The lowest BCUT2D eigenvalue weighted by molar-refractivity contribution is -0.124. The van der Waals surface area contributed by atoms with Crippen molar-refractivity contribution in [1.82, 2.24) is 10.6 Å². The van der Waals surface area contributed by atoms with E-state index in [0.29, 0.717) is 32.1 Å². The van der Waals surface area contributed by atoms with Crippen molar-refractivity contribution in [3.63, 3.8) is 0 Å². The Bertz CT molecular complexity index is 872. The van der Waals surface area contributed by atoms with Crippen molar-refractivity contribution in [2.75, 3.05) is 26.4 Å². The Labute approximate surface area is 193 Å². The van der Waals surface area contributed by atoms with Gasteiger partial charge in [-0.25, -0.2) is 4.79 Å². The minimum absolute atomic E-state index is 0.112. The lowest BCUT2D eigenvalue weighted by Gasteiger charge is -2.21. The molecule has 0 saturated heterocycles. The maximum atomic E-state index is 12.5. The second-order valence-corrected chi connectivity index (χ2v) is 7.49. The minimum Gasteiger partial charge on any atom is -0.491 e. The van der Waals surface area contributed by atoms with Crippen molar-refractivity contribution in [1.29, 1.82) is 0 Å². The van der Waals surface area contributed by atoms with Crippen LogP contribution in [0.2, 0.25) is 0 Å². The highest BCUT2D eigenvalue weighted by Gasteiger charge is 2.24. The number of nitrogens with one attached hydrogen (secondary N) is 2. The number of benzene rings is 2. The highest BCUT2D eigenvalue weighted by atomic mass is 16.5. The van der Waals surface area contributed by atoms with Crippen molar-refractivity contribution < 1.29 is 29.0 Å². The van der Waals surface area contributed by atoms with E-state index in [0.717, 1.165) is 11.1 Å². The molecule has 178 valence electrons. The van der Waals surface area contributed by atoms with Crippen LogP contribution in [-0.4, -0.2) is 55.8 Å². The van der Waals surface area contributed by atoms with Crippen LogP contribution in [0.25, 0.3) is 0 Å². The maximum Gasteiger partial charge on any atom is 0.408 e. The van der Waals surface area contributed by atoms with Gasteiger partial charge >= 0.3 is 6.09 Å². The van der Waals surface area contributed by atoms with Crippen LogP contribution >= 0.6 is 0 Å². The molecule has 0 spiro atoms. The lowest BCUT2D eigenvalue weighted by atomic mass is 10.0. The van der Waals surface area contributed by atoms with E-state index in [1.165, 1.54) is 6.21 Å². The van der Waals surface area contributed by atoms with Gasteiger partial charge in [0.05, 0.1) is 19.4 Å². The largest absolute Gasteiger partial charge is 0.491 e. The number of amides is 2. The Hall–Kier alpha value is -3.59. The summed E-state index contributed by atoms with van der Waals surface area (Å²) in [7, 11) is 0. The summed E-state index contributed by atoms with van der Waals surface area (Å²) in [6.07, 6.45) is 0.687. The fourth-order valence-electron chi connectivity index (χ4n) is 2.82. The third-order valence-corrected chi connectivity index (χ3v) is 4.56. The van der Waals surface area contributed by atoms with Gasteiger partial charge in [0.25, 0.3) is 0 Å². The van der Waals surface area contributed by atoms with Crippen LogP contribution in [0.15, 0.2) is 59.8 Å². The number of carbonyl (C=O) groups excluding carboxylic acids is 2. The normalized spacial score (nSPS) is 11.8. The van der Waals surface area contributed by atoms with Gasteiger partial charge in [-0.05, 0) is 41.3 Å². The zero-order valence-electron chi connectivity index (χ0n) is 18.9. The van der Waals surface area contributed by atoms with Gasteiger partial charge in [0.15, 0.2) is 0 Å². The molecule has 0 aliphatic rings. The summed E-state index contributed by atoms with van der Waals surface area (Å²) in [6.45, 7) is 5.15. The summed E-state index contributed by atoms with van der Waals surface area (Å²) in [6, 6.07) is 15.7. The molecule has 0 bridgehead atoms. The molecule has 0 aliphatic heterocycles. The first kappa shape index (κ1) is 25.7. The molecule has 0 heterocycles. The maximum absolute atomic E-state index is 12.5. The quantitative estimate of drug-likeness (QED) is 0.184. The van der Waals surface area contributed by atoms with E-state index in [9.17, 15) is 9.59 Å². The van der Waals surface area contributed by atoms with E-state index < -0.39 is 12.1 Å². The Balaban J connectivity index is 1.61. The minimum atomic E-state index is -0.713. The fraction of sp³-hybridized carbons (Fsp3) is 0.375. The Kier molecular flexibility index (Phi) is 11.3. The molecule has 9 heteroatoms. The lowest BCUT2D eigenvalue weighted by Crippen LogP contribution is -2.50. The number of ether oxygens (including phenoxy) is 3. The van der Waals surface area contributed by atoms with Gasteiger partial charge in [0.1, 0.15) is 25.0 Å². The van der Waals surface area contributed by atoms with Crippen molar-refractivity contribution >= 4 is 18.2 Å². The standard InChI is InChI=1S/C24H31N3O6/c1-18(2)22(27-24(29)33-17-20-6-4-3-5-7-20)23(28)25-12-13-31-14-15-32-21-10-8-19(9-11-21)16-26-30/h3-11,16,18,22,30H,12-15,17H2,1-2H3,(H,25,28)(H,27,29)/b26-16+/t22-/m0/s1. The number of hydrogen-bond acceptors (Lipinski definition) is 7. The van der Waals surface area contributed by atoms with Gasteiger partial charge in [-0.2, -0.15) is 0 Å². The van der Waals surface area contributed by atoms with Crippen molar-refractivity contribution in [3.05, 3.63) is 65.7 Å². The zero-order valence-corrected chi connectivity index (χ0v) is 18.9. The van der Waals surface area contributed by atoms with Crippen molar-refractivity contribution in [2.24, 2.45) is 11.1 Å². The third-order valence-electron chi connectivity index (χ3n) is 4.56.